The summed E-state index contributed by atoms with van der Waals surface area (Å²) in [6.07, 6.45) is 7.38. The largest absolute Gasteiger partial charge is 0.393 e. The Morgan fingerprint density at radius 3 is 2.54 bits per heavy atom. The summed E-state index contributed by atoms with van der Waals surface area (Å²) >= 11 is 0. The normalized spacial score (nSPS) is 26.4. The standard InChI is InChI=1S/C26H34F2N6O3/c1-3-37-26(36-2)12-10-17(11-13-26)30-24-29-15-22-23(33-24)34(18-5-7-19(35)8-6-18)25(32-22)31-21-9-4-16(27)14-20(21)28/h4,9,14-15,17-19,35H,3,5-8,10-13H2,1-2H3,(H,31,32)(H,29,30,33)/t17?,18-,19+,26?. The number of aliphatic hydroxyl groups is 1. The number of nitrogens with one attached hydrogen (secondary N) is 2. The van der Waals surface area contributed by atoms with Gasteiger partial charge in [-0.2, -0.15) is 4.98 Å². The Morgan fingerprint density at radius 1 is 1.11 bits per heavy atom. The molecular weight excluding hydrogens is 482 g/mol. The number of methoxy groups -OCH3 is 1. The number of hydrogen-bond donors (Lipinski definition) is 3. The molecule has 2 aliphatic rings. The molecule has 0 atom stereocenters. The summed E-state index contributed by atoms with van der Waals surface area (Å²) in [5.41, 5.74) is 1.32. The number of halogens is 2. The number of benzene rings is 1. The minimum absolute atomic E-state index is 0.0188. The fraction of sp³-hybridized carbons (Fsp3) is 0.577. The number of hydrogen-bond acceptors (Lipinski definition) is 8. The number of ether oxygens (including phenoxy) is 2. The quantitative estimate of drug-likeness (QED) is 0.357. The minimum atomic E-state index is -0.706. The molecule has 200 valence electrons. The molecule has 2 aromatic heterocycles. The lowest BCUT2D eigenvalue weighted by Gasteiger charge is -2.38. The molecule has 2 fully saturated rings. The van der Waals surface area contributed by atoms with E-state index in [4.69, 9.17) is 14.5 Å². The summed E-state index contributed by atoms with van der Waals surface area (Å²) < 4.78 is 41.4. The van der Waals surface area contributed by atoms with Crippen LogP contribution in [-0.2, 0) is 9.47 Å². The maximum Gasteiger partial charge on any atom is 0.224 e. The second-order valence-electron chi connectivity index (χ2n) is 9.89. The third-order valence-corrected chi connectivity index (χ3v) is 7.50. The number of nitrogens with zero attached hydrogens (tertiary/aromatic N) is 4. The number of fused-ring (bicyclic) bond motifs is 1. The van der Waals surface area contributed by atoms with Gasteiger partial charge in [0.15, 0.2) is 11.4 Å². The van der Waals surface area contributed by atoms with Crippen LogP contribution in [0, 0.1) is 11.6 Å². The summed E-state index contributed by atoms with van der Waals surface area (Å²) in [6, 6.07) is 3.58. The second-order valence-corrected chi connectivity index (χ2v) is 9.89. The maximum atomic E-state index is 14.4. The van der Waals surface area contributed by atoms with Gasteiger partial charge in [0.05, 0.1) is 18.0 Å². The molecular formula is C26H34F2N6O3. The van der Waals surface area contributed by atoms with Gasteiger partial charge in [0.25, 0.3) is 0 Å². The van der Waals surface area contributed by atoms with Crippen LogP contribution in [0.1, 0.15) is 64.3 Å². The van der Waals surface area contributed by atoms with Gasteiger partial charge in [-0.25, -0.2) is 18.7 Å². The number of rotatable bonds is 8. The van der Waals surface area contributed by atoms with Crippen LogP contribution in [0.5, 0.6) is 0 Å². The Balaban J connectivity index is 1.42. The van der Waals surface area contributed by atoms with Crippen LogP contribution in [0.2, 0.25) is 0 Å². The van der Waals surface area contributed by atoms with E-state index < -0.39 is 17.4 Å². The SMILES string of the molecule is CCOC1(OC)CCC(Nc2ncc3nc(Nc4ccc(F)cc4F)n([C@H]4CC[C@@H](O)CC4)c3n2)CC1. The zero-order chi connectivity index (χ0) is 26.0. The highest BCUT2D eigenvalue weighted by atomic mass is 19.1. The van der Waals surface area contributed by atoms with Crippen molar-refractivity contribution in [3.63, 3.8) is 0 Å². The van der Waals surface area contributed by atoms with Crippen molar-refractivity contribution in [3.05, 3.63) is 36.0 Å². The van der Waals surface area contributed by atoms with Gasteiger partial charge in [-0.3, -0.25) is 4.57 Å². The predicted octanol–water partition coefficient (Wildman–Crippen LogP) is 5.06. The smallest absolute Gasteiger partial charge is 0.224 e. The second kappa shape index (κ2) is 10.8. The molecule has 0 amide bonds. The highest BCUT2D eigenvalue weighted by molar-refractivity contribution is 5.76. The molecule has 5 rings (SSSR count). The molecule has 0 unspecified atom stereocenters. The molecule has 3 N–H and O–H groups in total. The molecule has 0 spiro atoms. The van der Waals surface area contributed by atoms with E-state index in [0.717, 1.165) is 44.6 Å². The zero-order valence-electron chi connectivity index (χ0n) is 21.2. The van der Waals surface area contributed by atoms with E-state index in [0.29, 0.717) is 42.5 Å². The van der Waals surface area contributed by atoms with Gasteiger partial charge in [0.1, 0.15) is 17.2 Å². The van der Waals surface area contributed by atoms with E-state index in [1.807, 2.05) is 11.5 Å². The van der Waals surface area contributed by atoms with E-state index in [1.54, 1.807) is 13.3 Å². The summed E-state index contributed by atoms with van der Waals surface area (Å²) in [7, 11) is 1.69. The predicted molar refractivity (Wildman–Crippen MR) is 136 cm³/mol. The first-order valence-corrected chi connectivity index (χ1v) is 13.0. The van der Waals surface area contributed by atoms with Crippen LogP contribution in [-0.4, -0.2) is 56.3 Å². The number of aromatic nitrogens is 4. The van der Waals surface area contributed by atoms with Crippen molar-refractivity contribution in [2.45, 2.75) is 82.3 Å². The van der Waals surface area contributed by atoms with Crippen molar-refractivity contribution in [3.8, 4) is 0 Å². The monoisotopic (exact) mass is 516 g/mol. The van der Waals surface area contributed by atoms with Crippen molar-refractivity contribution >= 4 is 28.7 Å². The average molecular weight is 517 g/mol. The van der Waals surface area contributed by atoms with Crippen molar-refractivity contribution < 1.29 is 23.4 Å². The van der Waals surface area contributed by atoms with Crippen LogP contribution in [0.3, 0.4) is 0 Å². The third-order valence-electron chi connectivity index (χ3n) is 7.50. The van der Waals surface area contributed by atoms with Gasteiger partial charge in [0.2, 0.25) is 11.9 Å². The fourth-order valence-electron chi connectivity index (χ4n) is 5.48. The molecule has 37 heavy (non-hydrogen) atoms. The molecule has 2 saturated carbocycles. The van der Waals surface area contributed by atoms with Crippen LogP contribution in [0.4, 0.5) is 26.4 Å². The van der Waals surface area contributed by atoms with Crippen LogP contribution < -0.4 is 10.6 Å². The lowest BCUT2D eigenvalue weighted by molar-refractivity contribution is -0.236. The first kappa shape index (κ1) is 25.7. The molecule has 2 heterocycles. The molecule has 2 aliphatic carbocycles. The van der Waals surface area contributed by atoms with Gasteiger partial charge in [-0.05, 0) is 57.6 Å². The molecule has 0 aliphatic heterocycles. The minimum Gasteiger partial charge on any atom is -0.393 e. The van der Waals surface area contributed by atoms with Crippen molar-refractivity contribution in [2.24, 2.45) is 0 Å². The Hall–Kier alpha value is -2.89. The number of anilines is 3. The number of aliphatic hydroxyl groups excluding tert-OH is 1. The van der Waals surface area contributed by atoms with Gasteiger partial charge in [-0.15, -0.1) is 0 Å². The summed E-state index contributed by atoms with van der Waals surface area (Å²) in [4.78, 5) is 14.0. The molecule has 3 aromatic rings. The lowest BCUT2D eigenvalue weighted by atomic mass is 9.90. The molecule has 0 saturated heterocycles. The topological polar surface area (TPSA) is 106 Å². The van der Waals surface area contributed by atoms with Gasteiger partial charge >= 0.3 is 0 Å². The van der Waals surface area contributed by atoms with Crippen LogP contribution in [0.25, 0.3) is 11.2 Å². The first-order chi connectivity index (χ1) is 17.9. The molecule has 0 bridgehead atoms. The summed E-state index contributed by atoms with van der Waals surface area (Å²) in [5.74, 6) is -0.977. The molecule has 1 aromatic carbocycles. The Bertz CT molecular complexity index is 1220. The lowest BCUT2D eigenvalue weighted by Crippen LogP contribution is -2.42. The molecule has 11 heteroatoms. The van der Waals surface area contributed by atoms with E-state index >= 15 is 0 Å². The third kappa shape index (κ3) is 5.53. The van der Waals surface area contributed by atoms with Gasteiger partial charge < -0.3 is 25.2 Å². The average Bonchev–Trinajstić information content (AvgIpc) is 3.25. The van der Waals surface area contributed by atoms with Crippen molar-refractivity contribution in [2.75, 3.05) is 24.4 Å². The number of imidazole rings is 1. The molecule has 9 nitrogen and oxygen atoms in total. The van der Waals surface area contributed by atoms with Crippen molar-refractivity contribution in [1.82, 2.24) is 19.5 Å². The van der Waals surface area contributed by atoms with E-state index in [-0.39, 0.29) is 23.9 Å². The Labute approximate surface area is 214 Å². The van der Waals surface area contributed by atoms with E-state index in [1.165, 1.54) is 12.1 Å². The molecule has 0 radical (unpaired) electrons. The first-order valence-electron chi connectivity index (χ1n) is 13.0. The maximum absolute atomic E-state index is 14.4. The van der Waals surface area contributed by atoms with Crippen LogP contribution >= 0.6 is 0 Å². The fourth-order valence-corrected chi connectivity index (χ4v) is 5.48. The zero-order valence-corrected chi connectivity index (χ0v) is 21.2. The van der Waals surface area contributed by atoms with Gasteiger partial charge in [0, 0.05) is 44.7 Å². The van der Waals surface area contributed by atoms with Crippen molar-refractivity contribution in [1.29, 1.82) is 0 Å². The van der Waals surface area contributed by atoms with Gasteiger partial charge in [-0.1, -0.05) is 0 Å². The summed E-state index contributed by atoms with van der Waals surface area (Å²) in [5, 5.41) is 16.5. The van der Waals surface area contributed by atoms with E-state index in [2.05, 4.69) is 20.6 Å². The van der Waals surface area contributed by atoms with Crippen LogP contribution in [0.15, 0.2) is 24.4 Å². The highest BCUT2D eigenvalue weighted by Crippen LogP contribution is 2.36. The Kier molecular flexibility index (Phi) is 7.55. The summed E-state index contributed by atoms with van der Waals surface area (Å²) in [6.45, 7) is 2.57. The Morgan fingerprint density at radius 2 is 1.86 bits per heavy atom. The van der Waals surface area contributed by atoms with E-state index in [9.17, 15) is 13.9 Å². The highest BCUT2D eigenvalue weighted by Gasteiger charge is 2.36.